The highest BCUT2D eigenvalue weighted by atomic mass is 35.5. The molecule has 0 aliphatic carbocycles. The first-order chi connectivity index (χ1) is 10.6. The second-order valence-electron chi connectivity index (χ2n) is 6.43. The molecule has 0 bridgehead atoms. The van der Waals surface area contributed by atoms with E-state index in [1.165, 1.54) is 0 Å². The molecular formula is C17H22ClNO3. The van der Waals surface area contributed by atoms with E-state index < -0.39 is 6.10 Å². The number of benzene rings is 1. The SMILES string of the molecule is O=C([C@@H](O)c1cccc(Cl)c1)N1CCCC2(CCOCC2)C1. The van der Waals surface area contributed by atoms with Crippen LogP contribution < -0.4 is 0 Å². The lowest BCUT2D eigenvalue weighted by Crippen LogP contribution is -2.49. The van der Waals surface area contributed by atoms with E-state index in [0.29, 0.717) is 10.6 Å². The van der Waals surface area contributed by atoms with Crippen LogP contribution in [0, 0.1) is 5.41 Å². The summed E-state index contributed by atoms with van der Waals surface area (Å²) in [6.45, 7) is 3.00. The summed E-state index contributed by atoms with van der Waals surface area (Å²) in [7, 11) is 0. The van der Waals surface area contributed by atoms with E-state index in [9.17, 15) is 9.90 Å². The summed E-state index contributed by atoms with van der Waals surface area (Å²) in [6.07, 6.45) is 3.02. The minimum Gasteiger partial charge on any atom is -0.381 e. The Balaban J connectivity index is 1.71. The van der Waals surface area contributed by atoms with Gasteiger partial charge >= 0.3 is 0 Å². The van der Waals surface area contributed by atoms with Crippen molar-refractivity contribution < 1.29 is 14.6 Å². The van der Waals surface area contributed by atoms with Gasteiger partial charge in [-0.3, -0.25) is 4.79 Å². The van der Waals surface area contributed by atoms with Gasteiger partial charge in [-0.25, -0.2) is 0 Å². The van der Waals surface area contributed by atoms with Crippen molar-refractivity contribution in [3.05, 3.63) is 34.9 Å². The van der Waals surface area contributed by atoms with Crippen molar-refractivity contribution in [1.29, 1.82) is 0 Å². The number of halogens is 1. The second-order valence-corrected chi connectivity index (χ2v) is 6.87. The third-order valence-corrected chi connectivity index (χ3v) is 5.16. The number of hydrogen-bond acceptors (Lipinski definition) is 3. The van der Waals surface area contributed by atoms with Gasteiger partial charge in [0.25, 0.3) is 5.91 Å². The molecule has 1 atom stereocenters. The lowest BCUT2D eigenvalue weighted by atomic mass is 9.74. The highest BCUT2D eigenvalue weighted by Gasteiger charge is 2.39. The molecule has 2 heterocycles. The Bertz CT molecular complexity index is 537. The van der Waals surface area contributed by atoms with E-state index in [2.05, 4.69) is 0 Å². The normalized spacial score (nSPS) is 22.5. The zero-order valence-electron chi connectivity index (χ0n) is 12.6. The molecule has 2 aliphatic rings. The number of nitrogens with zero attached hydrogens (tertiary/aromatic N) is 1. The average molecular weight is 324 g/mol. The number of aliphatic hydroxyl groups excluding tert-OH is 1. The Kier molecular flexibility index (Phi) is 4.71. The lowest BCUT2D eigenvalue weighted by Gasteiger charge is -2.45. The summed E-state index contributed by atoms with van der Waals surface area (Å²) in [5.41, 5.74) is 0.740. The Labute approximate surface area is 136 Å². The minimum atomic E-state index is -1.13. The molecule has 2 aliphatic heterocycles. The standard InChI is InChI=1S/C17H22ClNO3/c18-14-4-1-3-13(11-14)15(20)16(21)19-8-2-5-17(12-19)6-9-22-10-7-17/h1,3-4,11,15,20H,2,5-10,12H2/t15-/m0/s1. The van der Waals surface area contributed by atoms with Gasteiger partial charge in [-0.05, 0) is 48.8 Å². The topological polar surface area (TPSA) is 49.8 Å². The minimum absolute atomic E-state index is 0.181. The van der Waals surface area contributed by atoms with Crippen molar-refractivity contribution in [1.82, 2.24) is 4.90 Å². The number of ether oxygens (including phenoxy) is 1. The number of likely N-dealkylation sites (tertiary alicyclic amines) is 1. The Morgan fingerprint density at radius 2 is 2.09 bits per heavy atom. The van der Waals surface area contributed by atoms with E-state index in [0.717, 1.165) is 52.0 Å². The van der Waals surface area contributed by atoms with Crippen LogP contribution in [-0.4, -0.2) is 42.2 Å². The monoisotopic (exact) mass is 323 g/mol. The predicted octanol–water partition coefficient (Wildman–Crippen LogP) is 2.79. The molecule has 2 fully saturated rings. The van der Waals surface area contributed by atoms with Gasteiger partial charge < -0.3 is 14.7 Å². The highest BCUT2D eigenvalue weighted by molar-refractivity contribution is 6.30. The molecule has 0 aromatic heterocycles. The van der Waals surface area contributed by atoms with E-state index in [-0.39, 0.29) is 11.3 Å². The summed E-state index contributed by atoms with van der Waals surface area (Å²) in [4.78, 5) is 14.5. The Hall–Kier alpha value is -1.10. The lowest BCUT2D eigenvalue weighted by molar-refractivity contribution is -0.146. The van der Waals surface area contributed by atoms with Gasteiger partial charge in [0, 0.05) is 31.3 Å². The maximum atomic E-state index is 12.6. The van der Waals surface area contributed by atoms with Crippen LogP contribution in [0.2, 0.25) is 5.02 Å². The molecule has 2 saturated heterocycles. The molecule has 1 N–H and O–H groups in total. The van der Waals surface area contributed by atoms with Crippen LogP contribution in [0.1, 0.15) is 37.4 Å². The summed E-state index contributed by atoms with van der Waals surface area (Å²) in [5.74, 6) is -0.215. The summed E-state index contributed by atoms with van der Waals surface area (Å²) in [6, 6.07) is 6.88. The molecule has 1 amide bonds. The number of carbonyl (C=O) groups is 1. The maximum Gasteiger partial charge on any atom is 0.256 e. The summed E-state index contributed by atoms with van der Waals surface area (Å²) >= 11 is 5.95. The van der Waals surface area contributed by atoms with Gasteiger partial charge in [-0.15, -0.1) is 0 Å². The Morgan fingerprint density at radius 1 is 1.32 bits per heavy atom. The fourth-order valence-corrected chi connectivity index (χ4v) is 3.80. The van der Waals surface area contributed by atoms with Crippen LogP contribution in [0.5, 0.6) is 0 Å². The second kappa shape index (κ2) is 6.57. The molecule has 1 aromatic rings. The van der Waals surface area contributed by atoms with Crippen molar-refractivity contribution in [3.63, 3.8) is 0 Å². The highest BCUT2D eigenvalue weighted by Crippen LogP contribution is 2.39. The number of aliphatic hydroxyl groups is 1. The molecular weight excluding hydrogens is 302 g/mol. The largest absolute Gasteiger partial charge is 0.381 e. The molecule has 1 spiro atoms. The first-order valence-electron chi connectivity index (χ1n) is 7.90. The van der Waals surface area contributed by atoms with E-state index in [1.807, 2.05) is 4.90 Å². The van der Waals surface area contributed by atoms with Crippen molar-refractivity contribution in [2.75, 3.05) is 26.3 Å². The molecule has 1 aromatic carbocycles. The number of rotatable bonds is 2. The fourth-order valence-electron chi connectivity index (χ4n) is 3.60. The van der Waals surface area contributed by atoms with Gasteiger partial charge in [0.2, 0.25) is 0 Å². The summed E-state index contributed by atoms with van der Waals surface area (Å²) < 4.78 is 5.46. The zero-order valence-corrected chi connectivity index (χ0v) is 13.4. The van der Waals surface area contributed by atoms with E-state index in [1.54, 1.807) is 24.3 Å². The molecule has 4 nitrogen and oxygen atoms in total. The van der Waals surface area contributed by atoms with Crippen LogP contribution in [0.25, 0.3) is 0 Å². The molecule has 5 heteroatoms. The molecule has 0 saturated carbocycles. The van der Waals surface area contributed by atoms with Gasteiger partial charge in [0.05, 0.1) is 0 Å². The van der Waals surface area contributed by atoms with E-state index in [4.69, 9.17) is 16.3 Å². The molecule has 0 radical (unpaired) electrons. The number of amides is 1. The number of carbonyl (C=O) groups excluding carboxylic acids is 1. The third-order valence-electron chi connectivity index (χ3n) is 4.92. The van der Waals surface area contributed by atoms with Gasteiger partial charge in [-0.2, -0.15) is 0 Å². The van der Waals surface area contributed by atoms with Crippen molar-refractivity contribution in [3.8, 4) is 0 Å². The molecule has 3 rings (SSSR count). The predicted molar refractivity (Wildman–Crippen MR) is 84.7 cm³/mol. The van der Waals surface area contributed by atoms with Crippen LogP contribution in [0.3, 0.4) is 0 Å². The average Bonchev–Trinajstić information content (AvgIpc) is 2.54. The molecule has 22 heavy (non-hydrogen) atoms. The van der Waals surface area contributed by atoms with Crippen LogP contribution in [0.4, 0.5) is 0 Å². The Morgan fingerprint density at radius 3 is 2.82 bits per heavy atom. The number of piperidine rings is 1. The maximum absolute atomic E-state index is 12.6. The number of hydrogen-bond donors (Lipinski definition) is 1. The van der Waals surface area contributed by atoms with Crippen LogP contribution in [0.15, 0.2) is 24.3 Å². The van der Waals surface area contributed by atoms with E-state index >= 15 is 0 Å². The first kappa shape index (κ1) is 15.8. The molecule has 120 valence electrons. The zero-order chi connectivity index (χ0) is 15.6. The summed E-state index contributed by atoms with van der Waals surface area (Å²) in [5, 5.41) is 10.9. The van der Waals surface area contributed by atoms with Crippen molar-refractivity contribution in [2.45, 2.75) is 31.8 Å². The van der Waals surface area contributed by atoms with Crippen LogP contribution >= 0.6 is 11.6 Å². The van der Waals surface area contributed by atoms with Gasteiger partial charge in [0.15, 0.2) is 6.10 Å². The molecule has 0 unspecified atom stereocenters. The van der Waals surface area contributed by atoms with Gasteiger partial charge in [-0.1, -0.05) is 23.7 Å². The van der Waals surface area contributed by atoms with Crippen molar-refractivity contribution >= 4 is 17.5 Å². The third kappa shape index (κ3) is 3.29. The smallest absolute Gasteiger partial charge is 0.256 e. The fraction of sp³-hybridized carbons (Fsp3) is 0.588. The van der Waals surface area contributed by atoms with Crippen LogP contribution in [-0.2, 0) is 9.53 Å². The van der Waals surface area contributed by atoms with Gasteiger partial charge in [0.1, 0.15) is 0 Å². The quantitative estimate of drug-likeness (QED) is 0.910. The first-order valence-corrected chi connectivity index (χ1v) is 8.28. The van der Waals surface area contributed by atoms with Crippen molar-refractivity contribution in [2.24, 2.45) is 5.41 Å².